The van der Waals surface area contributed by atoms with Crippen molar-refractivity contribution in [1.29, 1.82) is 0 Å². The molecule has 2 atom stereocenters. The first-order valence-corrected chi connectivity index (χ1v) is 10.5. The van der Waals surface area contributed by atoms with Crippen molar-refractivity contribution in [1.82, 2.24) is 5.01 Å². The second kappa shape index (κ2) is 7.50. The van der Waals surface area contributed by atoms with E-state index in [0.717, 1.165) is 33.9 Å². The highest BCUT2D eigenvalue weighted by Crippen LogP contribution is 2.50. The summed E-state index contributed by atoms with van der Waals surface area (Å²) in [4.78, 5) is 13.0. The molecule has 3 aromatic rings. The summed E-state index contributed by atoms with van der Waals surface area (Å²) in [5, 5.41) is 9.02. The van der Waals surface area contributed by atoms with E-state index in [0.29, 0.717) is 11.3 Å². The van der Waals surface area contributed by atoms with Gasteiger partial charge in [0.1, 0.15) is 0 Å². The second-order valence-corrected chi connectivity index (χ2v) is 8.03. The molecule has 0 fully saturated rings. The van der Waals surface area contributed by atoms with Crippen molar-refractivity contribution in [3.8, 4) is 11.5 Å². The van der Waals surface area contributed by atoms with Crippen LogP contribution in [0.2, 0.25) is 0 Å². The van der Waals surface area contributed by atoms with Crippen LogP contribution in [0.4, 0.5) is 0 Å². The Bertz CT molecular complexity index is 1110. The van der Waals surface area contributed by atoms with Crippen LogP contribution in [0.1, 0.15) is 45.1 Å². The first-order valence-electron chi connectivity index (χ1n) is 9.61. The molecule has 1 aromatic heterocycles. The summed E-state index contributed by atoms with van der Waals surface area (Å²) in [6, 6.07) is 17.4. The van der Waals surface area contributed by atoms with Gasteiger partial charge in [-0.15, -0.1) is 11.3 Å². The average Bonchev–Trinajstić information content (AvgIpc) is 3.47. The third-order valence-electron chi connectivity index (χ3n) is 5.42. The zero-order chi connectivity index (χ0) is 20.7. The van der Waals surface area contributed by atoms with E-state index in [1.807, 2.05) is 35.3 Å². The largest absolute Gasteiger partial charge is 0.493 e. The van der Waals surface area contributed by atoms with Gasteiger partial charge in [-0.2, -0.15) is 5.10 Å². The summed E-state index contributed by atoms with van der Waals surface area (Å²) >= 11 is 1.68. The molecule has 6 nitrogen and oxygen atoms in total. The maximum atomic E-state index is 11.8. The monoisotopic (exact) mass is 420 g/mol. The molecule has 0 saturated heterocycles. The van der Waals surface area contributed by atoms with Gasteiger partial charge in [-0.25, -0.2) is 9.80 Å². The van der Waals surface area contributed by atoms with E-state index in [2.05, 4.69) is 17.5 Å². The summed E-state index contributed by atoms with van der Waals surface area (Å²) in [7, 11) is 3.02. The van der Waals surface area contributed by atoms with Gasteiger partial charge < -0.3 is 14.2 Å². The Labute approximate surface area is 178 Å². The number of nitrogens with zero attached hydrogens (tertiary/aromatic N) is 2. The molecule has 0 unspecified atom stereocenters. The molecule has 0 saturated carbocycles. The van der Waals surface area contributed by atoms with Crippen LogP contribution in [0.5, 0.6) is 11.5 Å². The Morgan fingerprint density at radius 3 is 2.67 bits per heavy atom. The number of hydrogen-bond acceptors (Lipinski definition) is 7. The number of benzene rings is 2. The predicted molar refractivity (Wildman–Crippen MR) is 114 cm³/mol. The van der Waals surface area contributed by atoms with E-state index in [4.69, 9.17) is 19.3 Å². The number of carbonyl (C=O) groups excluding carboxylic acids is 1. The summed E-state index contributed by atoms with van der Waals surface area (Å²) in [5.74, 6) is 1.08. The number of fused-ring (bicyclic) bond motifs is 3. The van der Waals surface area contributed by atoms with Gasteiger partial charge >= 0.3 is 5.97 Å². The van der Waals surface area contributed by atoms with E-state index in [1.54, 1.807) is 30.6 Å². The van der Waals surface area contributed by atoms with Crippen LogP contribution in [0.25, 0.3) is 0 Å². The van der Waals surface area contributed by atoms with Crippen LogP contribution in [0.3, 0.4) is 0 Å². The van der Waals surface area contributed by atoms with Crippen LogP contribution in [-0.2, 0) is 4.74 Å². The highest BCUT2D eigenvalue weighted by molar-refractivity contribution is 7.12. The Balaban J connectivity index is 1.58. The van der Waals surface area contributed by atoms with Gasteiger partial charge in [0.25, 0.3) is 0 Å². The smallest absolute Gasteiger partial charge is 0.337 e. The van der Waals surface area contributed by atoms with E-state index in [-0.39, 0.29) is 12.0 Å². The van der Waals surface area contributed by atoms with Crippen molar-refractivity contribution in [3.63, 3.8) is 0 Å². The molecular formula is C23H20N2O4S. The second-order valence-electron chi connectivity index (χ2n) is 7.09. The molecule has 0 spiro atoms. The molecule has 7 heteroatoms. The SMILES string of the molecule is COC(=O)c1ccc([C@@H]2Oc3c(OC)cccc3[C@@H]3CC(c4cccs4)=NN32)cc1. The number of para-hydroxylation sites is 1. The van der Waals surface area contributed by atoms with Gasteiger partial charge in [0, 0.05) is 17.5 Å². The molecule has 2 aromatic carbocycles. The Hall–Kier alpha value is -3.32. The van der Waals surface area contributed by atoms with E-state index >= 15 is 0 Å². The first kappa shape index (κ1) is 18.7. The number of hydrogen-bond donors (Lipinski definition) is 0. The molecule has 0 N–H and O–H groups in total. The number of methoxy groups -OCH3 is 2. The van der Waals surface area contributed by atoms with Crippen LogP contribution < -0.4 is 9.47 Å². The zero-order valence-corrected chi connectivity index (χ0v) is 17.4. The van der Waals surface area contributed by atoms with Crippen molar-refractivity contribution in [2.75, 3.05) is 14.2 Å². The maximum Gasteiger partial charge on any atom is 0.337 e. The minimum absolute atomic E-state index is 0.0474. The molecule has 0 amide bonds. The highest BCUT2D eigenvalue weighted by Gasteiger charge is 2.42. The molecule has 0 radical (unpaired) electrons. The number of carbonyl (C=O) groups is 1. The minimum Gasteiger partial charge on any atom is -0.493 e. The number of rotatable bonds is 4. The van der Waals surface area contributed by atoms with Gasteiger partial charge in [0.15, 0.2) is 11.5 Å². The summed E-state index contributed by atoms with van der Waals surface area (Å²) in [5.41, 5.74) is 3.51. The fourth-order valence-electron chi connectivity index (χ4n) is 3.96. The summed E-state index contributed by atoms with van der Waals surface area (Å²) in [6.45, 7) is 0. The third kappa shape index (κ3) is 3.02. The molecule has 3 heterocycles. The predicted octanol–water partition coefficient (Wildman–Crippen LogP) is 4.79. The van der Waals surface area contributed by atoms with Crippen LogP contribution >= 0.6 is 11.3 Å². The molecule has 2 aliphatic rings. The molecule has 5 rings (SSSR count). The van der Waals surface area contributed by atoms with E-state index < -0.39 is 6.23 Å². The van der Waals surface area contributed by atoms with Crippen LogP contribution in [0, 0.1) is 0 Å². The fourth-order valence-corrected chi connectivity index (χ4v) is 4.68. The molecule has 0 bridgehead atoms. The Kier molecular flexibility index (Phi) is 4.67. The molecule has 152 valence electrons. The fraction of sp³-hybridized carbons (Fsp3) is 0.217. The lowest BCUT2D eigenvalue weighted by atomic mass is 9.97. The lowest BCUT2D eigenvalue weighted by molar-refractivity contribution is -0.0209. The lowest BCUT2D eigenvalue weighted by Crippen LogP contribution is -2.33. The normalized spacial score (nSPS) is 19.4. The van der Waals surface area contributed by atoms with Gasteiger partial charge in [-0.3, -0.25) is 0 Å². The average molecular weight is 420 g/mol. The zero-order valence-electron chi connectivity index (χ0n) is 16.6. The van der Waals surface area contributed by atoms with E-state index in [1.165, 1.54) is 7.11 Å². The van der Waals surface area contributed by atoms with Crippen molar-refractivity contribution in [2.45, 2.75) is 18.7 Å². The topological polar surface area (TPSA) is 60.4 Å². The highest BCUT2D eigenvalue weighted by atomic mass is 32.1. The van der Waals surface area contributed by atoms with Gasteiger partial charge in [-0.1, -0.05) is 30.3 Å². The van der Waals surface area contributed by atoms with Crippen molar-refractivity contribution < 1.29 is 19.0 Å². The Morgan fingerprint density at radius 1 is 1.13 bits per heavy atom. The van der Waals surface area contributed by atoms with Gasteiger partial charge in [-0.05, 0) is 29.6 Å². The van der Waals surface area contributed by atoms with Gasteiger partial charge in [0.2, 0.25) is 6.23 Å². The molecule has 30 heavy (non-hydrogen) atoms. The van der Waals surface area contributed by atoms with Crippen LogP contribution in [0.15, 0.2) is 65.1 Å². The maximum absolute atomic E-state index is 11.8. The lowest BCUT2D eigenvalue weighted by Gasteiger charge is -2.38. The van der Waals surface area contributed by atoms with Gasteiger partial charge in [0.05, 0.1) is 36.4 Å². The standard InChI is InChI=1S/C23H20N2O4S/c1-27-19-6-3-5-16-18-13-17(20-7-4-12-30-20)24-25(18)22(29-21(16)19)14-8-10-15(11-9-14)23(26)28-2/h3-12,18,22H,13H2,1-2H3/t18-,22-/m0/s1. The summed E-state index contributed by atoms with van der Waals surface area (Å²) in [6.07, 6.45) is 0.365. The van der Waals surface area contributed by atoms with Crippen molar-refractivity contribution >= 4 is 23.0 Å². The van der Waals surface area contributed by atoms with Crippen molar-refractivity contribution in [3.05, 3.63) is 81.5 Å². The first-order chi connectivity index (χ1) is 14.7. The summed E-state index contributed by atoms with van der Waals surface area (Å²) < 4.78 is 16.8. The quantitative estimate of drug-likeness (QED) is 0.568. The third-order valence-corrected chi connectivity index (χ3v) is 6.34. The molecular weight excluding hydrogens is 400 g/mol. The minimum atomic E-state index is -0.428. The molecule has 0 aliphatic carbocycles. The van der Waals surface area contributed by atoms with Crippen LogP contribution in [-0.4, -0.2) is 30.9 Å². The Morgan fingerprint density at radius 2 is 1.97 bits per heavy atom. The van der Waals surface area contributed by atoms with Crippen molar-refractivity contribution in [2.24, 2.45) is 5.10 Å². The number of thiophene rings is 1. The van der Waals surface area contributed by atoms with E-state index in [9.17, 15) is 4.79 Å². The number of hydrazone groups is 1. The molecule has 2 aliphatic heterocycles. The number of esters is 1. The number of ether oxygens (including phenoxy) is 3.